The maximum Gasteiger partial charge on any atom is 0.263 e. The van der Waals surface area contributed by atoms with Crippen molar-refractivity contribution in [1.29, 1.82) is 5.26 Å². The zero-order valence-electron chi connectivity index (χ0n) is 9.97. The van der Waals surface area contributed by atoms with Gasteiger partial charge in [-0.3, -0.25) is 4.79 Å². The van der Waals surface area contributed by atoms with Gasteiger partial charge in [-0.25, -0.2) is 0 Å². The van der Waals surface area contributed by atoms with Crippen LogP contribution in [-0.2, 0) is 11.3 Å². The summed E-state index contributed by atoms with van der Waals surface area (Å²) in [6.45, 7) is 0.423. The summed E-state index contributed by atoms with van der Waals surface area (Å²) in [6.07, 6.45) is 1.50. The molecule has 0 atom stereocenters. The third kappa shape index (κ3) is 4.39. The number of rotatable bonds is 4. The monoisotopic (exact) mass is 229 g/mol. The molecule has 4 nitrogen and oxygen atoms in total. The van der Waals surface area contributed by atoms with Crippen LogP contribution in [-0.4, -0.2) is 24.9 Å². The number of carbonyl (C=O) groups is 1. The van der Waals surface area contributed by atoms with Crippen molar-refractivity contribution in [2.75, 3.05) is 14.1 Å². The van der Waals surface area contributed by atoms with E-state index in [0.29, 0.717) is 6.54 Å². The largest absolute Gasteiger partial charge is 0.382 e. The number of nitriles is 1. The first kappa shape index (κ1) is 12.8. The molecule has 0 saturated heterocycles. The zero-order valence-corrected chi connectivity index (χ0v) is 9.97. The predicted octanol–water partition coefficient (Wildman–Crippen LogP) is 1.27. The Kier molecular flexibility index (Phi) is 4.77. The normalized spacial score (nSPS) is 10.5. The molecule has 88 valence electrons. The molecule has 0 heterocycles. The lowest BCUT2D eigenvalue weighted by Gasteiger charge is -2.07. The number of hydrogen-bond donors (Lipinski definition) is 1. The summed E-state index contributed by atoms with van der Waals surface area (Å²) in [4.78, 5) is 13.3. The summed E-state index contributed by atoms with van der Waals surface area (Å²) in [6, 6.07) is 11.4. The fourth-order valence-corrected chi connectivity index (χ4v) is 1.27. The molecule has 0 radical (unpaired) electrons. The lowest BCUT2D eigenvalue weighted by atomic mass is 10.2. The SMILES string of the molecule is CN(C)/C=C(\C#N)C(=O)NCc1ccccc1. The van der Waals surface area contributed by atoms with Crippen LogP contribution in [0.4, 0.5) is 0 Å². The van der Waals surface area contributed by atoms with E-state index in [1.165, 1.54) is 6.20 Å². The molecule has 0 saturated carbocycles. The van der Waals surface area contributed by atoms with Gasteiger partial charge in [-0.2, -0.15) is 5.26 Å². The molecule has 0 aromatic heterocycles. The third-order valence-corrected chi connectivity index (χ3v) is 2.05. The Bertz CT molecular complexity index is 443. The summed E-state index contributed by atoms with van der Waals surface area (Å²) >= 11 is 0. The van der Waals surface area contributed by atoms with Crippen molar-refractivity contribution in [3.8, 4) is 6.07 Å². The van der Waals surface area contributed by atoms with Gasteiger partial charge >= 0.3 is 0 Å². The highest BCUT2D eigenvalue weighted by Crippen LogP contribution is 1.99. The molecule has 17 heavy (non-hydrogen) atoms. The number of hydrogen-bond acceptors (Lipinski definition) is 3. The van der Waals surface area contributed by atoms with Crippen LogP contribution in [0.5, 0.6) is 0 Å². The van der Waals surface area contributed by atoms with E-state index in [-0.39, 0.29) is 11.5 Å². The summed E-state index contributed by atoms with van der Waals surface area (Å²) in [5, 5.41) is 11.5. The second kappa shape index (κ2) is 6.33. The number of amides is 1. The number of carbonyl (C=O) groups excluding carboxylic acids is 1. The van der Waals surface area contributed by atoms with Crippen molar-refractivity contribution in [3.63, 3.8) is 0 Å². The number of nitrogens with zero attached hydrogens (tertiary/aromatic N) is 2. The summed E-state index contributed by atoms with van der Waals surface area (Å²) < 4.78 is 0. The Hall–Kier alpha value is -2.28. The molecule has 0 aliphatic heterocycles. The first-order chi connectivity index (χ1) is 8.13. The summed E-state index contributed by atoms with van der Waals surface area (Å²) in [5.74, 6) is -0.356. The minimum Gasteiger partial charge on any atom is -0.382 e. The van der Waals surface area contributed by atoms with Gasteiger partial charge in [0.05, 0.1) is 0 Å². The molecular formula is C13H15N3O. The highest BCUT2D eigenvalue weighted by molar-refractivity contribution is 5.97. The Labute approximate surface area is 101 Å². The molecule has 0 bridgehead atoms. The Morgan fingerprint density at radius 2 is 2.06 bits per heavy atom. The van der Waals surface area contributed by atoms with Gasteiger partial charge in [-0.15, -0.1) is 0 Å². The van der Waals surface area contributed by atoms with Crippen molar-refractivity contribution in [3.05, 3.63) is 47.7 Å². The smallest absolute Gasteiger partial charge is 0.263 e. The van der Waals surface area contributed by atoms with E-state index in [4.69, 9.17) is 5.26 Å². The van der Waals surface area contributed by atoms with Gasteiger partial charge in [0, 0.05) is 26.8 Å². The van der Waals surface area contributed by atoms with E-state index >= 15 is 0 Å². The van der Waals surface area contributed by atoms with Crippen LogP contribution >= 0.6 is 0 Å². The highest BCUT2D eigenvalue weighted by atomic mass is 16.1. The van der Waals surface area contributed by atoms with Crippen LogP contribution < -0.4 is 5.32 Å². The van der Waals surface area contributed by atoms with Crippen LogP contribution in [0.15, 0.2) is 42.1 Å². The molecule has 4 heteroatoms. The minimum atomic E-state index is -0.356. The Balaban J connectivity index is 2.58. The van der Waals surface area contributed by atoms with Gasteiger partial charge in [-0.05, 0) is 5.56 Å². The zero-order chi connectivity index (χ0) is 12.7. The van der Waals surface area contributed by atoms with Crippen molar-refractivity contribution >= 4 is 5.91 Å². The second-order valence-corrected chi connectivity index (χ2v) is 3.79. The summed E-state index contributed by atoms with van der Waals surface area (Å²) in [7, 11) is 3.53. The van der Waals surface area contributed by atoms with Crippen LogP contribution in [0, 0.1) is 11.3 Å². The van der Waals surface area contributed by atoms with Gasteiger partial charge in [0.2, 0.25) is 0 Å². The predicted molar refractivity (Wildman–Crippen MR) is 65.7 cm³/mol. The van der Waals surface area contributed by atoms with Crippen molar-refractivity contribution < 1.29 is 4.79 Å². The Morgan fingerprint density at radius 1 is 1.41 bits per heavy atom. The molecule has 0 aliphatic rings. The summed E-state index contributed by atoms with van der Waals surface area (Å²) in [5.41, 5.74) is 1.11. The Morgan fingerprint density at radius 3 is 2.59 bits per heavy atom. The van der Waals surface area contributed by atoms with Gasteiger partial charge in [0.15, 0.2) is 0 Å². The molecule has 0 unspecified atom stereocenters. The molecule has 1 rings (SSSR count). The molecule has 1 aromatic rings. The van der Waals surface area contributed by atoms with Crippen molar-refractivity contribution in [2.24, 2.45) is 0 Å². The molecule has 0 spiro atoms. The number of benzene rings is 1. The van der Waals surface area contributed by atoms with E-state index in [2.05, 4.69) is 5.32 Å². The van der Waals surface area contributed by atoms with E-state index in [9.17, 15) is 4.79 Å². The average Bonchev–Trinajstić information content (AvgIpc) is 2.34. The molecule has 1 amide bonds. The topological polar surface area (TPSA) is 56.1 Å². The van der Waals surface area contributed by atoms with Crippen LogP contribution in [0.25, 0.3) is 0 Å². The fraction of sp³-hybridized carbons (Fsp3) is 0.231. The van der Waals surface area contributed by atoms with Crippen LogP contribution in [0.3, 0.4) is 0 Å². The molecule has 0 fully saturated rings. The standard InChI is InChI=1S/C13H15N3O/c1-16(2)10-12(8-14)13(17)15-9-11-6-4-3-5-7-11/h3-7,10H,9H2,1-2H3,(H,15,17)/b12-10+. The van der Waals surface area contributed by atoms with E-state index < -0.39 is 0 Å². The fourth-order valence-electron chi connectivity index (χ4n) is 1.27. The number of nitrogens with one attached hydrogen (secondary N) is 1. The van der Waals surface area contributed by atoms with Crippen molar-refractivity contribution in [2.45, 2.75) is 6.54 Å². The van der Waals surface area contributed by atoms with Crippen molar-refractivity contribution in [1.82, 2.24) is 10.2 Å². The lowest BCUT2D eigenvalue weighted by molar-refractivity contribution is -0.117. The first-order valence-electron chi connectivity index (χ1n) is 5.24. The van der Waals surface area contributed by atoms with E-state index in [0.717, 1.165) is 5.56 Å². The lowest BCUT2D eigenvalue weighted by Crippen LogP contribution is -2.25. The van der Waals surface area contributed by atoms with Crippen LogP contribution in [0.1, 0.15) is 5.56 Å². The van der Waals surface area contributed by atoms with Crippen LogP contribution in [0.2, 0.25) is 0 Å². The van der Waals surface area contributed by atoms with Gasteiger partial charge < -0.3 is 10.2 Å². The molecular weight excluding hydrogens is 214 g/mol. The van der Waals surface area contributed by atoms with Gasteiger partial charge in [0.25, 0.3) is 5.91 Å². The van der Waals surface area contributed by atoms with Gasteiger partial charge in [-0.1, -0.05) is 30.3 Å². The van der Waals surface area contributed by atoms with E-state index in [1.807, 2.05) is 36.4 Å². The minimum absolute atomic E-state index is 0.103. The molecule has 1 N–H and O–H groups in total. The average molecular weight is 229 g/mol. The molecule has 1 aromatic carbocycles. The first-order valence-corrected chi connectivity index (χ1v) is 5.24. The molecule has 0 aliphatic carbocycles. The second-order valence-electron chi connectivity index (χ2n) is 3.79. The maximum atomic E-state index is 11.7. The highest BCUT2D eigenvalue weighted by Gasteiger charge is 2.08. The van der Waals surface area contributed by atoms with E-state index in [1.54, 1.807) is 19.0 Å². The maximum absolute atomic E-state index is 11.7. The van der Waals surface area contributed by atoms with Gasteiger partial charge in [0.1, 0.15) is 11.6 Å². The quantitative estimate of drug-likeness (QED) is 0.625. The third-order valence-electron chi connectivity index (χ3n) is 2.05.